The molecule has 1 amide bonds. The lowest BCUT2D eigenvalue weighted by Gasteiger charge is -2.42. The second kappa shape index (κ2) is 9.05. The molecule has 1 spiro atoms. The van der Waals surface area contributed by atoms with Gasteiger partial charge in [-0.05, 0) is 70.0 Å². The van der Waals surface area contributed by atoms with Crippen molar-refractivity contribution in [3.05, 3.63) is 35.4 Å². The molecule has 0 saturated carbocycles. The molecule has 1 aromatic rings. The maximum atomic E-state index is 12.0. The second-order valence-corrected chi connectivity index (χ2v) is 9.44. The van der Waals surface area contributed by atoms with E-state index < -0.39 is 0 Å². The quantitative estimate of drug-likeness (QED) is 0.769. The van der Waals surface area contributed by atoms with Crippen molar-refractivity contribution < 1.29 is 9.53 Å². The molecule has 0 radical (unpaired) electrons. The smallest absolute Gasteiger partial charge is 0.409 e. The number of benzene rings is 1. The van der Waals surface area contributed by atoms with Gasteiger partial charge in [0.1, 0.15) is 0 Å². The molecule has 3 aliphatic rings. The van der Waals surface area contributed by atoms with Gasteiger partial charge in [-0.1, -0.05) is 29.8 Å². The lowest BCUT2D eigenvalue weighted by Crippen LogP contribution is -2.48. The molecule has 1 atom stereocenters. The van der Waals surface area contributed by atoms with E-state index in [1.165, 1.54) is 56.6 Å². The molecule has 0 aromatic heterocycles. The number of piperidine rings is 2. The van der Waals surface area contributed by atoms with E-state index >= 15 is 0 Å². The maximum Gasteiger partial charge on any atom is 0.409 e. The molecule has 3 aliphatic heterocycles. The summed E-state index contributed by atoms with van der Waals surface area (Å²) in [7, 11) is 0. The number of ether oxygens (including phenoxy) is 1. The van der Waals surface area contributed by atoms with Crippen LogP contribution in [0.5, 0.6) is 0 Å². The summed E-state index contributed by atoms with van der Waals surface area (Å²) in [4.78, 5) is 19.3. The van der Waals surface area contributed by atoms with Crippen molar-refractivity contribution in [2.24, 2.45) is 5.41 Å². The highest BCUT2D eigenvalue weighted by Gasteiger charge is 2.43. The van der Waals surface area contributed by atoms with Gasteiger partial charge in [0.25, 0.3) is 0 Å². The molecule has 0 aliphatic carbocycles. The normalized spacial score (nSPS) is 26.9. The average molecular weight is 400 g/mol. The average Bonchev–Trinajstić information content (AvgIpc) is 3.11. The Balaban J connectivity index is 1.30. The number of hydrogen-bond donors (Lipinski definition) is 0. The summed E-state index contributed by atoms with van der Waals surface area (Å²) in [6.07, 6.45) is 6.05. The first-order chi connectivity index (χ1) is 14.1. The highest BCUT2D eigenvalue weighted by Crippen LogP contribution is 2.41. The van der Waals surface area contributed by atoms with E-state index in [-0.39, 0.29) is 6.09 Å². The van der Waals surface area contributed by atoms with Crippen LogP contribution in [-0.4, -0.2) is 72.7 Å². The zero-order chi connectivity index (χ0) is 20.3. The number of amides is 1. The zero-order valence-corrected chi connectivity index (χ0v) is 18.2. The van der Waals surface area contributed by atoms with Crippen molar-refractivity contribution in [3.8, 4) is 0 Å². The van der Waals surface area contributed by atoms with Gasteiger partial charge in [-0.25, -0.2) is 4.79 Å². The van der Waals surface area contributed by atoms with Crippen LogP contribution in [0.25, 0.3) is 0 Å². The van der Waals surface area contributed by atoms with Crippen molar-refractivity contribution in [1.82, 2.24) is 14.7 Å². The summed E-state index contributed by atoms with van der Waals surface area (Å²) >= 11 is 0. The molecule has 5 heteroatoms. The number of aryl methyl sites for hydroxylation is 1. The third-order valence-electron chi connectivity index (χ3n) is 7.20. The molecule has 1 aromatic carbocycles. The minimum atomic E-state index is -0.136. The Morgan fingerprint density at radius 3 is 2.72 bits per heavy atom. The van der Waals surface area contributed by atoms with Crippen molar-refractivity contribution >= 4 is 6.09 Å². The van der Waals surface area contributed by atoms with Gasteiger partial charge in [0.2, 0.25) is 0 Å². The molecule has 5 nitrogen and oxygen atoms in total. The molecule has 29 heavy (non-hydrogen) atoms. The fraction of sp³-hybridized carbons (Fsp3) is 0.708. The monoisotopic (exact) mass is 399 g/mol. The highest BCUT2D eigenvalue weighted by molar-refractivity contribution is 5.67. The van der Waals surface area contributed by atoms with Gasteiger partial charge in [-0.15, -0.1) is 0 Å². The van der Waals surface area contributed by atoms with E-state index in [0.717, 1.165) is 32.5 Å². The van der Waals surface area contributed by atoms with Crippen LogP contribution in [0.1, 0.15) is 50.2 Å². The van der Waals surface area contributed by atoms with Crippen molar-refractivity contribution in [1.29, 1.82) is 0 Å². The number of carbonyl (C=O) groups is 1. The van der Waals surface area contributed by atoms with E-state index in [4.69, 9.17) is 4.74 Å². The lowest BCUT2D eigenvalue weighted by atomic mass is 9.79. The molecule has 3 heterocycles. The molecule has 3 saturated heterocycles. The molecule has 3 fully saturated rings. The Morgan fingerprint density at radius 2 is 1.97 bits per heavy atom. The van der Waals surface area contributed by atoms with E-state index in [0.29, 0.717) is 18.1 Å². The maximum absolute atomic E-state index is 12.0. The van der Waals surface area contributed by atoms with E-state index in [9.17, 15) is 4.79 Å². The summed E-state index contributed by atoms with van der Waals surface area (Å²) in [5, 5.41) is 0. The minimum Gasteiger partial charge on any atom is -0.450 e. The Labute approximate surface area is 176 Å². The fourth-order valence-electron chi connectivity index (χ4n) is 5.76. The number of rotatable bonds is 4. The standard InChI is InChI=1S/C24H37N3O2/c1-3-29-23(28)26-13-8-22(9-14-26)27-15-11-24(19-27)10-5-12-25(18-24)17-21-7-4-6-20(2)16-21/h4,6-7,16,22H,3,5,8-15,17-19H2,1-2H3. The Hall–Kier alpha value is -1.59. The SMILES string of the molecule is CCOC(=O)N1CCC(N2CCC3(CCCN(Cc4cccc(C)c4)C3)C2)CC1. The van der Waals surface area contributed by atoms with Crippen molar-refractivity contribution in [2.45, 2.75) is 58.5 Å². The van der Waals surface area contributed by atoms with Crippen LogP contribution in [-0.2, 0) is 11.3 Å². The summed E-state index contributed by atoms with van der Waals surface area (Å²) in [5.74, 6) is 0. The van der Waals surface area contributed by atoms with Gasteiger partial charge in [-0.3, -0.25) is 9.80 Å². The number of carbonyl (C=O) groups excluding carboxylic acids is 1. The molecule has 1 unspecified atom stereocenters. The second-order valence-electron chi connectivity index (χ2n) is 9.44. The van der Waals surface area contributed by atoms with Gasteiger partial charge < -0.3 is 9.64 Å². The first kappa shape index (κ1) is 20.7. The molecule has 4 rings (SSSR count). The van der Waals surface area contributed by atoms with Crippen LogP contribution in [0.3, 0.4) is 0 Å². The third kappa shape index (κ3) is 4.95. The van der Waals surface area contributed by atoms with Gasteiger partial charge in [0.15, 0.2) is 0 Å². The highest BCUT2D eigenvalue weighted by atomic mass is 16.6. The van der Waals surface area contributed by atoms with Crippen molar-refractivity contribution in [2.75, 3.05) is 45.9 Å². The third-order valence-corrected chi connectivity index (χ3v) is 7.20. The first-order valence-electron chi connectivity index (χ1n) is 11.5. The van der Waals surface area contributed by atoms with Crippen LogP contribution >= 0.6 is 0 Å². The number of hydrogen-bond acceptors (Lipinski definition) is 4. The van der Waals surface area contributed by atoms with E-state index in [2.05, 4.69) is 41.0 Å². The number of likely N-dealkylation sites (tertiary alicyclic amines) is 3. The predicted octanol–water partition coefficient (Wildman–Crippen LogP) is 3.90. The molecule has 0 bridgehead atoms. The number of nitrogens with zero attached hydrogens (tertiary/aromatic N) is 3. The predicted molar refractivity (Wildman–Crippen MR) is 116 cm³/mol. The fourth-order valence-corrected chi connectivity index (χ4v) is 5.76. The molecule has 160 valence electrons. The Bertz CT molecular complexity index is 701. The first-order valence-corrected chi connectivity index (χ1v) is 11.5. The van der Waals surface area contributed by atoms with Crippen LogP contribution < -0.4 is 0 Å². The lowest BCUT2D eigenvalue weighted by molar-refractivity contribution is 0.0621. The largest absolute Gasteiger partial charge is 0.450 e. The van der Waals surface area contributed by atoms with Gasteiger partial charge in [0, 0.05) is 38.8 Å². The minimum absolute atomic E-state index is 0.136. The van der Waals surface area contributed by atoms with Crippen molar-refractivity contribution in [3.63, 3.8) is 0 Å². The molecular formula is C24H37N3O2. The Morgan fingerprint density at radius 1 is 1.14 bits per heavy atom. The van der Waals surface area contributed by atoms with Crippen LogP contribution in [0.4, 0.5) is 4.79 Å². The van der Waals surface area contributed by atoms with Crippen LogP contribution in [0.15, 0.2) is 24.3 Å². The topological polar surface area (TPSA) is 36.0 Å². The summed E-state index contributed by atoms with van der Waals surface area (Å²) in [6, 6.07) is 9.60. The summed E-state index contributed by atoms with van der Waals surface area (Å²) in [5.41, 5.74) is 3.28. The molecule has 0 N–H and O–H groups in total. The van der Waals surface area contributed by atoms with Gasteiger partial charge in [0.05, 0.1) is 6.61 Å². The zero-order valence-electron chi connectivity index (χ0n) is 18.2. The van der Waals surface area contributed by atoms with E-state index in [1.807, 2.05) is 11.8 Å². The van der Waals surface area contributed by atoms with Crippen LogP contribution in [0.2, 0.25) is 0 Å². The van der Waals surface area contributed by atoms with E-state index in [1.54, 1.807) is 0 Å². The Kier molecular flexibility index (Phi) is 6.45. The van der Waals surface area contributed by atoms with Crippen LogP contribution in [0, 0.1) is 12.3 Å². The molecular weight excluding hydrogens is 362 g/mol. The summed E-state index contributed by atoms with van der Waals surface area (Å²) in [6.45, 7) is 12.2. The van der Waals surface area contributed by atoms with Gasteiger partial charge >= 0.3 is 6.09 Å². The summed E-state index contributed by atoms with van der Waals surface area (Å²) < 4.78 is 5.17. The van der Waals surface area contributed by atoms with Gasteiger partial charge in [-0.2, -0.15) is 0 Å².